The highest BCUT2D eigenvalue weighted by atomic mass is 16.5. The molecule has 2 aromatic heterocycles. The van der Waals surface area contributed by atoms with Crippen LogP contribution < -0.4 is 9.64 Å². The SMILES string of the molecule is C1=CC(N(c2ccccc2)c2ccc(-c3ccc(Oc4cc(-n5c6ccccc6c6ccccc65)cc(-n5c6ccccc6c6ccccc65)c4)cc3)c3ccccc23)=CCC1. The van der Waals surface area contributed by atoms with Crippen molar-refractivity contribution in [1.82, 2.24) is 9.13 Å². The van der Waals surface area contributed by atoms with Crippen LogP contribution in [0.5, 0.6) is 11.5 Å². The van der Waals surface area contributed by atoms with Crippen LogP contribution in [-0.4, -0.2) is 9.13 Å². The Morgan fingerprint density at radius 2 is 0.903 bits per heavy atom. The van der Waals surface area contributed by atoms with Gasteiger partial charge in [-0.2, -0.15) is 0 Å². The molecule has 0 saturated carbocycles. The lowest BCUT2D eigenvalue weighted by atomic mass is 9.96. The normalized spacial score (nSPS) is 12.7. The molecule has 62 heavy (non-hydrogen) atoms. The van der Waals surface area contributed by atoms with Crippen molar-refractivity contribution in [3.63, 3.8) is 0 Å². The quantitative estimate of drug-likeness (QED) is 0.153. The largest absolute Gasteiger partial charge is 0.457 e. The zero-order valence-electron chi connectivity index (χ0n) is 34.0. The van der Waals surface area contributed by atoms with E-state index in [0.29, 0.717) is 0 Å². The third-order valence-corrected chi connectivity index (χ3v) is 12.3. The summed E-state index contributed by atoms with van der Waals surface area (Å²) in [6.07, 6.45) is 8.98. The molecule has 1 aliphatic rings. The van der Waals surface area contributed by atoms with Crippen molar-refractivity contribution in [3.8, 4) is 34.0 Å². The van der Waals surface area contributed by atoms with E-state index in [1.165, 1.54) is 43.6 Å². The number of hydrogen-bond donors (Lipinski definition) is 0. The van der Waals surface area contributed by atoms with Gasteiger partial charge in [-0.25, -0.2) is 0 Å². The second-order valence-electron chi connectivity index (χ2n) is 16.0. The maximum Gasteiger partial charge on any atom is 0.131 e. The Hall–Kier alpha value is -8.08. The van der Waals surface area contributed by atoms with Crippen LogP contribution in [0.2, 0.25) is 0 Å². The number of anilines is 2. The Morgan fingerprint density at radius 1 is 0.403 bits per heavy atom. The van der Waals surface area contributed by atoms with E-state index in [0.717, 1.165) is 74.7 Å². The molecule has 0 saturated heterocycles. The van der Waals surface area contributed by atoms with Crippen molar-refractivity contribution in [3.05, 3.63) is 230 Å². The van der Waals surface area contributed by atoms with Crippen molar-refractivity contribution < 1.29 is 4.74 Å². The lowest BCUT2D eigenvalue weighted by molar-refractivity contribution is 0.482. The molecule has 0 spiro atoms. The van der Waals surface area contributed by atoms with Gasteiger partial charge < -0.3 is 18.8 Å². The predicted octanol–water partition coefficient (Wildman–Crippen LogP) is 15.9. The van der Waals surface area contributed by atoms with Gasteiger partial charge in [-0.05, 0) is 96.1 Å². The minimum Gasteiger partial charge on any atom is -0.457 e. The highest BCUT2D eigenvalue weighted by Gasteiger charge is 2.20. The van der Waals surface area contributed by atoms with E-state index < -0.39 is 0 Å². The van der Waals surface area contributed by atoms with Crippen molar-refractivity contribution in [2.45, 2.75) is 12.8 Å². The maximum absolute atomic E-state index is 6.90. The first-order valence-corrected chi connectivity index (χ1v) is 21.4. The van der Waals surface area contributed by atoms with Gasteiger partial charge in [0.2, 0.25) is 0 Å². The van der Waals surface area contributed by atoms with Gasteiger partial charge in [0.15, 0.2) is 0 Å². The van der Waals surface area contributed by atoms with Crippen molar-refractivity contribution in [2.24, 2.45) is 0 Å². The summed E-state index contributed by atoms with van der Waals surface area (Å²) in [4.78, 5) is 2.39. The molecule has 4 nitrogen and oxygen atoms in total. The topological polar surface area (TPSA) is 22.3 Å². The zero-order chi connectivity index (χ0) is 41.0. The molecule has 1 aliphatic carbocycles. The van der Waals surface area contributed by atoms with Crippen LogP contribution >= 0.6 is 0 Å². The number of benzene rings is 9. The van der Waals surface area contributed by atoms with E-state index in [2.05, 4.69) is 239 Å². The summed E-state index contributed by atoms with van der Waals surface area (Å²) in [7, 11) is 0. The van der Waals surface area contributed by atoms with Crippen LogP contribution in [0.15, 0.2) is 230 Å². The Kier molecular flexibility index (Phi) is 8.60. The molecule has 0 bridgehead atoms. The van der Waals surface area contributed by atoms with E-state index in [-0.39, 0.29) is 0 Å². The number of hydrogen-bond acceptors (Lipinski definition) is 2. The van der Waals surface area contributed by atoms with E-state index in [1.54, 1.807) is 0 Å². The fraction of sp³-hybridized carbons (Fsp3) is 0.0345. The molecule has 11 aromatic rings. The smallest absolute Gasteiger partial charge is 0.131 e. The minimum absolute atomic E-state index is 0.760. The lowest BCUT2D eigenvalue weighted by Gasteiger charge is -2.29. The molecule has 0 amide bonds. The summed E-state index contributed by atoms with van der Waals surface area (Å²) >= 11 is 0. The highest BCUT2D eigenvalue weighted by molar-refractivity contribution is 6.11. The number of ether oxygens (including phenoxy) is 1. The number of aromatic nitrogens is 2. The van der Waals surface area contributed by atoms with Crippen molar-refractivity contribution in [2.75, 3.05) is 4.90 Å². The first-order valence-electron chi connectivity index (χ1n) is 21.4. The fourth-order valence-electron chi connectivity index (χ4n) is 9.62. The summed E-state index contributed by atoms with van der Waals surface area (Å²) in [5.41, 5.74) is 12.5. The van der Waals surface area contributed by atoms with Gasteiger partial charge in [0, 0.05) is 50.4 Å². The molecule has 12 rings (SSSR count). The molecular formula is C58H41N3O. The lowest BCUT2D eigenvalue weighted by Crippen LogP contribution is -2.16. The second-order valence-corrected chi connectivity index (χ2v) is 16.0. The van der Waals surface area contributed by atoms with Crippen LogP contribution in [0, 0.1) is 0 Å². The van der Waals surface area contributed by atoms with Crippen LogP contribution in [0.4, 0.5) is 11.4 Å². The Morgan fingerprint density at radius 3 is 1.44 bits per heavy atom. The van der Waals surface area contributed by atoms with Crippen molar-refractivity contribution >= 4 is 65.8 Å². The third kappa shape index (κ3) is 5.99. The Bertz CT molecular complexity index is 3310. The predicted molar refractivity (Wildman–Crippen MR) is 260 cm³/mol. The first kappa shape index (κ1) is 35.8. The fourth-order valence-corrected chi connectivity index (χ4v) is 9.62. The number of allylic oxidation sites excluding steroid dienone is 3. The number of nitrogens with zero attached hydrogens (tertiary/aromatic N) is 3. The zero-order valence-corrected chi connectivity index (χ0v) is 34.0. The highest BCUT2D eigenvalue weighted by Crippen LogP contribution is 2.42. The summed E-state index contributed by atoms with van der Waals surface area (Å²) in [5.74, 6) is 1.53. The number of rotatable bonds is 8. The van der Waals surface area contributed by atoms with Gasteiger partial charge in [0.25, 0.3) is 0 Å². The van der Waals surface area contributed by atoms with Gasteiger partial charge in [-0.3, -0.25) is 0 Å². The minimum atomic E-state index is 0.760. The van der Waals surface area contributed by atoms with E-state index in [9.17, 15) is 0 Å². The summed E-state index contributed by atoms with van der Waals surface area (Å²) < 4.78 is 11.6. The average Bonchev–Trinajstić information content (AvgIpc) is 3.86. The standard InChI is InChI=1S/C58H41N3O/c1-3-17-41(18-4-1)59(42-19-5-2-6-20-42)58-36-35-47(48-21-7-8-22-49(48)58)40-31-33-45(34-32-40)62-46-38-43(60-54-27-13-9-23-50(54)51-24-10-14-28-55(51)60)37-44(39-46)61-56-29-15-11-25-52(56)53-26-12-16-30-57(53)61/h1,3-5,7-39H,2,6H2. The first-order chi connectivity index (χ1) is 30.8. The summed E-state index contributed by atoms with van der Waals surface area (Å²) in [6.45, 7) is 0. The Balaban J connectivity index is 0.969. The van der Waals surface area contributed by atoms with Gasteiger partial charge in [-0.15, -0.1) is 0 Å². The average molecular weight is 796 g/mol. The van der Waals surface area contributed by atoms with Gasteiger partial charge in [0.1, 0.15) is 11.5 Å². The van der Waals surface area contributed by atoms with Crippen molar-refractivity contribution in [1.29, 1.82) is 0 Å². The molecule has 0 radical (unpaired) electrons. The third-order valence-electron chi connectivity index (χ3n) is 12.3. The molecule has 0 aliphatic heterocycles. The maximum atomic E-state index is 6.90. The summed E-state index contributed by atoms with van der Waals surface area (Å²) in [6, 6.07) is 73.8. The number of para-hydroxylation sites is 5. The molecule has 2 heterocycles. The Labute approximate surface area is 360 Å². The van der Waals surface area contributed by atoms with Crippen LogP contribution in [0.3, 0.4) is 0 Å². The summed E-state index contributed by atoms with van der Waals surface area (Å²) in [5, 5.41) is 7.29. The van der Waals surface area contributed by atoms with Gasteiger partial charge >= 0.3 is 0 Å². The van der Waals surface area contributed by atoms with E-state index in [4.69, 9.17) is 4.74 Å². The monoisotopic (exact) mass is 795 g/mol. The van der Waals surface area contributed by atoms with Crippen LogP contribution in [0.25, 0.3) is 76.9 Å². The van der Waals surface area contributed by atoms with Gasteiger partial charge in [-0.1, -0.05) is 146 Å². The molecule has 0 unspecified atom stereocenters. The van der Waals surface area contributed by atoms with Crippen LogP contribution in [0.1, 0.15) is 12.8 Å². The van der Waals surface area contributed by atoms with Crippen LogP contribution in [-0.2, 0) is 0 Å². The molecule has 0 fully saturated rings. The molecule has 294 valence electrons. The molecule has 0 atom stereocenters. The molecular weight excluding hydrogens is 755 g/mol. The van der Waals surface area contributed by atoms with E-state index in [1.807, 2.05) is 0 Å². The molecule has 9 aromatic carbocycles. The van der Waals surface area contributed by atoms with E-state index >= 15 is 0 Å². The molecule has 0 N–H and O–H groups in total. The van der Waals surface area contributed by atoms with Gasteiger partial charge in [0.05, 0.1) is 39.1 Å². The second kappa shape index (κ2) is 14.9. The molecule has 4 heteroatoms. The number of fused-ring (bicyclic) bond motifs is 7.